The van der Waals surface area contributed by atoms with E-state index >= 15 is 0 Å². The van der Waals surface area contributed by atoms with E-state index < -0.39 is 5.97 Å². The highest BCUT2D eigenvalue weighted by Crippen LogP contribution is 2.17. The maximum atomic E-state index is 12.0. The van der Waals surface area contributed by atoms with Crippen LogP contribution in [-0.2, 0) is 4.79 Å². The Kier molecular flexibility index (Phi) is 11.4. The van der Waals surface area contributed by atoms with Crippen molar-refractivity contribution in [1.82, 2.24) is 0 Å². The minimum absolute atomic E-state index is 0.00657. The van der Waals surface area contributed by atoms with E-state index in [1.807, 2.05) is 6.92 Å². The molecule has 0 aliphatic rings. The van der Waals surface area contributed by atoms with E-state index in [1.165, 1.54) is 63.9 Å². The number of carboxylic acid groups (broad SMARTS) is 1. The van der Waals surface area contributed by atoms with E-state index in [0.717, 1.165) is 18.4 Å². The Hall–Kier alpha value is -1.84. The second-order valence-electron chi connectivity index (χ2n) is 7.17. The van der Waals surface area contributed by atoms with E-state index in [9.17, 15) is 9.59 Å². The number of carbonyl (C=O) groups is 2. The summed E-state index contributed by atoms with van der Waals surface area (Å²) in [7, 11) is 0. The first kappa shape index (κ1) is 22.2. The number of amides is 1. The molecule has 0 unspecified atom stereocenters. The van der Waals surface area contributed by atoms with Gasteiger partial charge in [0.15, 0.2) is 0 Å². The van der Waals surface area contributed by atoms with Crippen molar-refractivity contribution in [3.8, 4) is 0 Å². The van der Waals surface area contributed by atoms with E-state index in [0.29, 0.717) is 12.1 Å². The van der Waals surface area contributed by atoms with E-state index in [2.05, 4.69) is 12.2 Å². The summed E-state index contributed by atoms with van der Waals surface area (Å²) in [5.74, 6) is -0.945. The van der Waals surface area contributed by atoms with Gasteiger partial charge in [0.05, 0.1) is 5.56 Å². The molecule has 0 saturated heterocycles. The molecule has 1 aromatic rings. The van der Waals surface area contributed by atoms with Gasteiger partial charge in [-0.3, -0.25) is 4.79 Å². The van der Waals surface area contributed by atoms with Crippen molar-refractivity contribution >= 4 is 17.6 Å². The van der Waals surface area contributed by atoms with Crippen LogP contribution in [0.1, 0.15) is 99.9 Å². The first-order chi connectivity index (χ1) is 12.5. The average molecular weight is 362 g/mol. The topological polar surface area (TPSA) is 66.4 Å². The van der Waals surface area contributed by atoms with Gasteiger partial charge < -0.3 is 10.4 Å². The fourth-order valence-electron chi connectivity index (χ4n) is 3.10. The van der Waals surface area contributed by atoms with E-state index in [4.69, 9.17) is 5.11 Å². The summed E-state index contributed by atoms with van der Waals surface area (Å²) in [6.45, 7) is 4.06. The molecule has 1 aromatic carbocycles. The number of rotatable bonds is 14. The van der Waals surface area contributed by atoms with Crippen LogP contribution >= 0.6 is 0 Å². The van der Waals surface area contributed by atoms with Crippen LogP contribution in [0, 0.1) is 6.92 Å². The summed E-state index contributed by atoms with van der Waals surface area (Å²) in [5, 5.41) is 11.8. The summed E-state index contributed by atoms with van der Waals surface area (Å²) in [6, 6.07) is 4.77. The number of nitrogens with one attached hydrogen (secondary N) is 1. The monoisotopic (exact) mass is 361 g/mol. The SMILES string of the molecule is CCCCCCCCCCCCCC(=O)Nc1ccc(C(=O)O)cc1C. The predicted molar refractivity (Wildman–Crippen MR) is 108 cm³/mol. The number of aromatic carboxylic acids is 1. The molecule has 0 aromatic heterocycles. The van der Waals surface area contributed by atoms with E-state index in [1.54, 1.807) is 12.1 Å². The third kappa shape index (κ3) is 9.59. The molecule has 1 amide bonds. The molecule has 2 N–H and O–H groups in total. The fraction of sp³-hybridized carbons (Fsp3) is 0.636. The van der Waals surface area contributed by atoms with Crippen molar-refractivity contribution in [3.63, 3.8) is 0 Å². The Bertz CT molecular complexity index is 554. The van der Waals surface area contributed by atoms with Crippen molar-refractivity contribution in [2.75, 3.05) is 5.32 Å². The Balaban J connectivity index is 2.08. The molecule has 0 radical (unpaired) electrons. The minimum atomic E-state index is -0.952. The van der Waals surface area contributed by atoms with Crippen LogP contribution in [0.4, 0.5) is 5.69 Å². The second-order valence-corrected chi connectivity index (χ2v) is 7.17. The first-order valence-electron chi connectivity index (χ1n) is 10.2. The Labute approximate surface area is 158 Å². The quantitative estimate of drug-likeness (QED) is 0.380. The van der Waals surface area contributed by atoms with Crippen LogP contribution in [0.2, 0.25) is 0 Å². The largest absolute Gasteiger partial charge is 0.478 e. The molecule has 26 heavy (non-hydrogen) atoms. The number of unbranched alkanes of at least 4 members (excludes halogenated alkanes) is 10. The molecule has 0 aliphatic heterocycles. The molecule has 0 heterocycles. The van der Waals surface area contributed by atoms with Crippen LogP contribution in [0.5, 0.6) is 0 Å². The Morgan fingerprint density at radius 3 is 1.92 bits per heavy atom. The Morgan fingerprint density at radius 1 is 0.885 bits per heavy atom. The number of benzene rings is 1. The molecule has 0 aliphatic carbocycles. The maximum absolute atomic E-state index is 12.0. The van der Waals surface area contributed by atoms with Crippen LogP contribution in [-0.4, -0.2) is 17.0 Å². The number of hydrogen-bond donors (Lipinski definition) is 2. The molecular weight excluding hydrogens is 326 g/mol. The van der Waals surface area contributed by atoms with Gasteiger partial charge >= 0.3 is 5.97 Å². The summed E-state index contributed by atoms with van der Waals surface area (Å²) < 4.78 is 0. The molecule has 146 valence electrons. The fourth-order valence-corrected chi connectivity index (χ4v) is 3.10. The lowest BCUT2D eigenvalue weighted by molar-refractivity contribution is -0.116. The van der Waals surface area contributed by atoms with Crippen molar-refractivity contribution in [2.45, 2.75) is 90.9 Å². The molecule has 0 atom stereocenters. The molecule has 0 fully saturated rings. The van der Waals surface area contributed by atoms with Gasteiger partial charge in [0.25, 0.3) is 0 Å². The summed E-state index contributed by atoms with van der Waals surface area (Å²) in [4.78, 5) is 22.9. The summed E-state index contributed by atoms with van der Waals surface area (Å²) in [5.41, 5.74) is 1.71. The highest BCUT2D eigenvalue weighted by molar-refractivity contribution is 5.93. The highest BCUT2D eigenvalue weighted by atomic mass is 16.4. The molecule has 4 heteroatoms. The molecule has 0 spiro atoms. The van der Waals surface area contributed by atoms with Gasteiger partial charge in [0.2, 0.25) is 5.91 Å². The van der Waals surface area contributed by atoms with Crippen LogP contribution in [0.15, 0.2) is 18.2 Å². The molecular formula is C22H35NO3. The molecule has 0 bridgehead atoms. The highest BCUT2D eigenvalue weighted by Gasteiger charge is 2.08. The van der Waals surface area contributed by atoms with Crippen LogP contribution in [0.3, 0.4) is 0 Å². The van der Waals surface area contributed by atoms with Gasteiger partial charge in [0, 0.05) is 12.1 Å². The lowest BCUT2D eigenvalue weighted by atomic mass is 10.1. The molecule has 4 nitrogen and oxygen atoms in total. The second kappa shape index (κ2) is 13.4. The standard InChI is InChI=1S/C22H35NO3/c1-3-4-5-6-7-8-9-10-11-12-13-14-21(24)23-20-16-15-19(22(25)26)17-18(20)2/h15-17H,3-14H2,1-2H3,(H,23,24)(H,25,26). The summed E-state index contributed by atoms with van der Waals surface area (Å²) in [6.07, 6.45) is 14.5. The van der Waals surface area contributed by atoms with Crippen molar-refractivity contribution < 1.29 is 14.7 Å². The van der Waals surface area contributed by atoms with Crippen LogP contribution < -0.4 is 5.32 Å². The van der Waals surface area contributed by atoms with Crippen molar-refractivity contribution in [3.05, 3.63) is 29.3 Å². The third-order valence-corrected chi connectivity index (χ3v) is 4.75. The number of aryl methyl sites for hydroxylation is 1. The average Bonchev–Trinajstić information content (AvgIpc) is 2.61. The molecule has 0 saturated carbocycles. The number of carbonyl (C=O) groups excluding carboxylic acids is 1. The lowest BCUT2D eigenvalue weighted by Crippen LogP contribution is -2.12. The number of carboxylic acids is 1. The van der Waals surface area contributed by atoms with Crippen molar-refractivity contribution in [2.24, 2.45) is 0 Å². The zero-order chi connectivity index (χ0) is 19.2. The predicted octanol–water partition coefficient (Wildman–Crippen LogP) is 6.33. The minimum Gasteiger partial charge on any atom is -0.478 e. The van der Waals surface area contributed by atoms with Gasteiger partial charge in [-0.1, -0.05) is 71.1 Å². The summed E-state index contributed by atoms with van der Waals surface area (Å²) >= 11 is 0. The van der Waals surface area contributed by atoms with Gasteiger partial charge in [-0.15, -0.1) is 0 Å². The third-order valence-electron chi connectivity index (χ3n) is 4.75. The van der Waals surface area contributed by atoms with Crippen molar-refractivity contribution in [1.29, 1.82) is 0 Å². The van der Waals surface area contributed by atoms with Gasteiger partial charge in [-0.05, 0) is 37.1 Å². The zero-order valence-corrected chi connectivity index (χ0v) is 16.5. The van der Waals surface area contributed by atoms with Crippen LogP contribution in [0.25, 0.3) is 0 Å². The zero-order valence-electron chi connectivity index (χ0n) is 16.5. The van der Waals surface area contributed by atoms with E-state index in [-0.39, 0.29) is 11.5 Å². The van der Waals surface area contributed by atoms with Gasteiger partial charge in [0.1, 0.15) is 0 Å². The molecule has 1 rings (SSSR count). The number of hydrogen-bond acceptors (Lipinski definition) is 2. The normalized spacial score (nSPS) is 10.7. The lowest BCUT2D eigenvalue weighted by Gasteiger charge is -2.09. The van der Waals surface area contributed by atoms with Gasteiger partial charge in [-0.25, -0.2) is 4.79 Å². The maximum Gasteiger partial charge on any atom is 0.335 e. The van der Waals surface area contributed by atoms with Gasteiger partial charge in [-0.2, -0.15) is 0 Å². The first-order valence-corrected chi connectivity index (χ1v) is 10.2. The Morgan fingerprint density at radius 2 is 1.42 bits per heavy atom. The smallest absolute Gasteiger partial charge is 0.335 e. The number of anilines is 1.